The molecule has 7 rings (SSSR count). The van der Waals surface area contributed by atoms with Gasteiger partial charge in [0.05, 0.1) is 0 Å². The Morgan fingerprint density at radius 2 is 0.767 bits per heavy atom. The summed E-state index contributed by atoms with van der Waals surface area (Å²) in [6.45, 7) is 13.4. The molecule has 7 aromatic rings. The van der Waals surface area contributed by atoms with E-state index in [1.54, 1.807) is 0 Å². The fourth-order valence-electron chi connectivity index (χ4n) is 5.86. The smallest absolute Gasteiger partial charge is 0.136 e. The predicted octanol–water partition coefficient (Wildman–Crippen LogP) is 12.0. The highest BCUT2D eigenvalue weighted by molar-refractivity contribution is 6.14. The molecule has 3 heteroatoms. The molecule has 0 unspecified atom stereocenters. The quantitative estimate of drug-likeness (QED) is 0.224. The van der Waals surface area contributed by atoms with Crippen molar-refractivity contribution in [2.75, 3.05) is 10.6 Å². The van der Waals surface area contributed by atoms with Crippen LogP contribution in [-0.2, 0) is 10.8 Å². The van der Waals surface area contributed by atoms with E-state index in [2.05, 4.69) is 161 Å². The van der Waals surface area contributed by atoms with Gasteiger partial charge >= 0.3 is 0 Å². The van der Waals surface area contributed by atoms with E-state index in [9.17, 15) is 0 Å². The Bertz CT molecular complexity index is 1970. The molecule has 43 heavy (non-hydrogen) atoms. The number of furan rings is 1. The van der Waals surface area contributed by atoms with Gasteiger partial charge in [0, 0.05) is 33.5 Å². The summed E-state index contributed by atoms with van der Waals surface area (Å²) in [5.74, 6) is 0. The van der Waals surface area contributed by atoms with Gasteiger partial charge in [-0.15, -0.1) is 0 Å². The van der Waals surface area contributed by atoms with Crippen LogP contribution < -0.4 is 10.6 Å². The fourth-order valence-corrected chi connectivity index (χ4v) is 5.86. The van der Waals surface area contributed by atoms with Gasteiger partial charge in [-0.1, -0.05) is 77.9 Å². The Labute approximate surface area is 253 Å². The molecule has 0 aliphatic carbocycles. The van der Waals surface area contributed by atoms with Crippen LogP contribution in [0, 0.1) is 0 Å². The number of nitrogens with one attached hydrogen (secondary N) is 2. The van der Waals surface area contributed by atoms with Crippen LogP contribution in [0.3, 0.4) is 0 Å². The maximum Gasteiger partial charge on any atom is 0.136 e. The van der Waals surface area contributed by atoms with Crippen molar-refractivity contribution in [1.29, 1.82) is 0 Å². The second-order valence-electron chi connectivity index (χ2n) is 13.8. The minimum atomic E-state index is 0.141. The Morgan fingerprint density at radius 3 is 1.14 bits per heavy atom. The predicted molar refractivity (Wildman–Crippen MR) is 186 cm³/mol. The maximum atomic E-state index is 6.37. The topological polar surface area (TPSA) is 37.2 Å². The lowest BCUT2D eigenvalue weighted by Crippen LogP contribution is -2.10. The van der Waals surface area contributed by atoms with Crippen LogP contribution >= 0.6 is 0 Å². The number of fused-ring (bicyclic) bond motifs is 5. The summed E-state index contributed by atoms with van der Waals surface area (Å²) in [6.07, 6.45) is 0. The first kappa shape index (κ1) is 27.1. The molecule has 2 N–H and O–H groups in total. The molecule has 0 bridgehead atoms. The van der Waals surface area contributed by atoms with Gasteiger partial charge in [-0.2, -0.15) is 0 Å². The van der Waals surface area contributed by atoms with Crippen molar-refractivity contribution in [3.05, 3.63) is 120 Å². The summed E-state index contributed by atoms with van der Waals surface area (Å²) in [4.78, 5) is 0. The van der Waals surface area contributed by atoms with Crippen LogP contribution in [0.4, 0.5) is 22.7 Å². The molecule has 1 heterocycles. The molecule has 214 valence electrons. The molecule has 0 amide bonds. The van der Waals surface area contributed by atoms with Gasteiger partial charge in [0.25, 0.3) is 0 Å². The number of anilines is 4. The van der Waals surface area contributed by atoms with Crippen molar-refractivity contribution in [2.45, 2.75) is 52.4 Å². The molecular formula is C40H38N2O. The molecule has 0 radical (unpaired) electrons. The first-order valence-electron chi connectivity index (χ1n) is 15.1. The second-order valence-corrected chi connectivity index (χ2v) is 13.8. The first-order chi connectivity index (χ1) is 20.5. The van der Waals surface area contributed by atoms with Crippen LogP contribution in [0.2, 0.25) is 0 Å². The number of rotatable bonds is 4. The Morgan fingerprint density at radius 1 is 0.395 bits per heavy atom. The van der Waals surface area contributed by atoms with Gasteiger partial charge in [0.1, 0.15) is 11.2 Å². The molecule has 1 aromatic heterocycles. The van der Waals surface area contributed by atoms with E-state index in [1.165, 1.54) is 21.9 Å². The highest BCUT2D eigenvalue weighted by atomic mass is 16.3. The second kappa shape index (κ2) is 9.91. The molecule has 0 aliphatic rings. The largest absolute Gasteiger partial charge is 0.456 e. The zero-order valence-corrected chi connectivity index (χ0v) is 25.8. The average Bonchev–Trinajstić information content (AvgIpc) is 3.30. The van der Waals surface area contributed by atoms with Crippen LogP contribution in [0.15, 0.2) is 114 Å². The third kappa shape index (κ3) is 5.32. The zero-order chi connectivity index (χ0) is 29.9. The number of hydrogen-bond donors (Lipinski definition) is 2. The minimum Gasteiger partial charge on any atom is -0.456 e. The zero-order valence-electron chi connectivity index (χ0n) is 25.8. The Balaban J connectivity index is 1.21. The molecule has 6 aromatic carbocycles. The van der Waals surface area contributed by atoms with E-state index in [-0.39, 0.29) is 10.8 Å². The molecule has 0 atom stereocenters. The van der Waals surface area contributed by atoms with E-state index < -0.39 is 0 Å². The van der Waals surface area contributed by atoms with Gasteiger partial charge in [0.2, 0.25) is 0 Å². The third-order valence-corrected chi connectivity index (χ3v) is 8.47. The lowest BCUT2D eigenvalue weighted by Gasteiger charge is -2.19. The molecule has 0 saturated carbocycles. The van der Waals surface area contributed by atoms with Crippen molar-refractivity contribution in [3.63, 3.8) is 0 Å². The van der Waals surface area contributed by atoms with Crippen molar-refractivity contribution in [3.8, 4) is 0 Å². The summed E-state index contributed by atoms with van der Waals surface area (Å²) >= 11 is 0. The van der Waals surface area contributed by atoms with Crippen LogP contribution in [0.25, 0.3) is 43.5 Å². The number of benzene rings is 6. The highest BCUT2D eigenvalue weighted by Gasteiger charge is 2.15. The average molecular weight is 563 g/mol. The van der Waals surface area contributed by atoms with Crippen LogP contribution in [-0.4, -0.2) is 0 Å². The van der Waals surface area contributed by atoms with Crippen LogP contribution in [0.1, 0.15) is 52.7 Å². The summed E-state index contributed by atoms with van der Waals surface area (Å²) < 4.78 is 6.37. The van der Waals surface area contributed by atoms with Crippen molar-refractivity contribution < 1.29 is 4.42 Å². The van der Waals surface area contributed by atoms with E-state index >= 15 is 0 Å². The fraction of sp³-hybridized carbons (Fsp3) is 0.200. The molecule has 0 fully saturated rings. The van der Waals surface area contributed by atoms with Gasteiger partial charge < -0.3 is 15.1 Å². The molecule has 3 nitrogen and oxygen atoms in total. The third-order valence-electron chi connectivity index (χ3n) is 8.47. The van der Waals surface area contributed by atoms with Crippen molar-refractivity contribution >= 4 is 66.2 Å². The molecule has 0 spiro atoms. The Hall–Kier alpha value is -4.76. The molecule has 0 aliphatic heterocycles. The highest BCUT2D eigenvalue weighted by Crippen LogP contribution is 2.37. The van der Waals surface area contributed by atoms with E-state index in [1.807, 2.05) is 0 Å². The normalized spacial score (nSPS) is 12.4. The SMILES string of the molecule is CC(C)(C)c1ccc(Nc2ccc3cc4oc5cc6ccc(Nc7ccc(C(C)(C)C)cc7)cc6cc5c4cc3c2)cc1. The summed E-state index contributed by atoms with van der Waals surface area (Å²) in [6, 6.07) is 39.3. The summed E-state index contributed by atoms with van der Waals surface area (Å²) in [7, 11) is 0. The van der Waals surface area contributed by atoms with Gasteiger partial charge in [0.15, 0.2) is 0 Å². The van der Waals surface area contributed by atoms with Crippen molar-refractivity contribution in [1.82, 2.24) is 0 Å². The van der Waals surface area contributed by atoms with Crippen LogP contribution in [0.5, 0.6) is 0 Å². The molecule has 0 saturated heterocycles. The van der Waals surface area contributed by atoms with Crippen molar-refractivity contribution in [2.24, 2.45) is 0 Å². The lowest BCUT2D eigenvalue weighted by molar-refractivity contribution is 0.590. The minimum absolute atomic E-state index is 0.141. The Kier molecular flexibility index (Phi) is 6.25. The maximum absolute atomic E-state index is 6.37. The van der Waals surface area contributed by atoms with Gasteiger partial charge in [-0.05, 0) is 116 Å². The first-order valence-corrected chi connectivity index (χ1v) is 15.1. The number of hydrogen-bond acceptors (Lipinski definition) is 3. The van der Waals surface area contributed by atoms with Gasteiger partial charge in [-0.25, -0.2) is 0 Å². The van der Waals surface area contributed by atoms with E-state index in [0.717, 1.165) is 55.5 Å². The van der Waals surface area contributed by atoms with E-state index in [0.29, 0.717) is 0 Å². The lowest BCUT2D eigenvalue weighted by atomic mass is 9.87. The summed E-state index contributed by atoms with van der Waals surface area (Å²) in [5.41, 5.74) is 9.07. The summed E-state index contributed by atoms with van der Waals surface area (Å²) in [5, 5.41) is 14.1. The molecular weight excluding hydrogens is 524 g/mol. The monoisotopic (exact) mass is 562 g/mol. The standard InChI is InChI=1S/C40H38N2O/c1-39(2,3)29-9-15-31(16-10-29)41-33-13-7-25-23-37-35(21-27(25)19-33)36-22-28-20-34(14-8-26(28)24-38(36)43-37)42-32-17-11-30(12-18-32)40(4,5)6/h7-24,41-42H,1-6H3. The van der Waals surface area contributed by atoms with Gasteiger partial charge in [-0.3, -0.25) is 0 Å². The van der Waals surface area contributed by atoms with E-state index in [4.69, 9.17) is 4.42 Å².